The number of rotatable bonds is 4. The Bertz CT molecular complexity index is 900. The lowest BCUT2D eigenvalue weighted by molar-refractivity contribution is -0.113. The quantitative estimate of drug-likeness (QED) is 0.900. The molecule has 2 amide bonds. The molecule has 2 aromatic heterocycles. The van der Waals surface area contributed by atoms with Gasteiger partial charge in [-0.25, -0.2) is 9.97 Å². The lowest BCUT2D eigenvalue weighted by Gasteiger charge is -2.05. The van der Waals surface area contributed by atoms with E-state index in [9.17, 15) is 9.59 Å². The fraction of sp³-hybridized carbons (Fsp3) is 0.158. The number of anilines is 2. The Morgan fingerprint density at radius 1 is 0.880 bits per heavy atom. The maximum absolute atomic E-state index is 12.3. The molecule has 0 fully saturated rings. The van der Waals surface area contributed by atoms with Gasteiger partial charge in [-0.2, -0.15) is 0 Å². The van der Waals surface area contributed by atoms with E-state index in [2.05, 4.69) is 20.6 Å². The molecule has 0 unspecified atom stereocenters. The van der Waals surface area contributed by atoms with Gasteiger partial charge in [0.25, 0.3) is 11.8 Å². The van der Waals surface area contributed by atoms with E-state index in [0.717, 1.165) is 11.4 Å². The highest BCUT2D eigenvalue weighted by Crippen LogP contribution is 2.20. The normalized spacial score (nSPS) is 13.0. The summed E-state index contributed by atoms with van der Waals surface area (Å²) in [6.07, 6.45) is 3.72. The van der Waals surface area contributed by atoms with Crippen molar-refractivity contribution in [3.8, 4) is 0 Å². The van der Waals surface area contributed by atoms with Crippen LogP contribution in [0.25, 0.3) is 0 Å². The first-order valence-corrected chi connectivity index (χ1v) is 7.92. The number of nitrogens with one attached hydrogen (secondary N) is 2. The van der Waals surface area contributed by atoms with Crippen LogP contribution in [0.4, 0.5) is 11.6 Å². The van der Waals surface area contributed by atoms with Gasteiger partial charge in [0, 0.05) is 22.5 Å². The van der Waals surface area contributed by atoms with Crippen molar-refractivity contribution >= 4 is 23.5 Å². The molecule has 0 saturated carbocycles. The highest BCUT2D eigenvalue weighted by molar-refractivity contribution is 6.10. The summed E-state index contributed by atoms with van der Waals surface area (Å²) in [4.78, 5) is 33.1. The summed E-state index contributed by atoms with van der Waals surface area (Å²) in [5.41, 5.74) is 2.61. The fourth-order valence-corrected chi connectivity index (χ4v) is 2.45. The predicted molar refractivity (Wildman–Crippen MR) is 96.0 cm³/mol. The van der Waals surface area contributed by atoms with Gasteiger partial charge in [-0.1, -0.05) is 18.2 Å². The summed E-state index contributed by atoms with van der Waals surface area (Å²) in [6.45, 7) is 3.71. The number of carbonyl (C=O) groups is 2. The van der Waals surface area contributed by atoms with Gasteiger partial charge in [0.2, 0.25) is 0 Å². The number of aryl methyl sites for hydroxylation is 2. The standard InChI is InChI=1S/C19H18N4O2/c1-12-5-3-7-16(20-12)22-18(24)14-9-10-15(11-14)19(25)23-17-8-4-6-13(2)21-17/h3-9,11H,10H2,1-2H3,(H,20,22,24)(H,21,23,25). The fourth-order valence-electron chi connectivity index (χ4n) is 2.45. The van der Waals surface area contributed by atoms with Crippen LogP contribution in [0.15, 0.2) is 59.7 Å². The van der Waals surface area contributed by atoms with E-state index in [0.29, 0.717) is 29.2 Å². The smallest absolute Gasteiger partial charge is 0.256 e. The molecule has 126 valence electrons. The van der Waals surface area contributed by atoms with E-state index in [1.165, 1.54) is 0 Å². The van der Waals surface area contributed by atoms with Crippen LogP contribution in [-0.2, 0) is 9.59 Å². The topological polar surface area (TPSA) is 84.0 Å². The van der Waals surface area contributed by atoms with Crippen LogP contribution < -0.4 is 10.6 Å². The molecule has 2 N–H and O–H groups in total. The molecule has 25 heavy (non-hydrogen) atoms. The Morgan fingerprint density at radius 2 is 1.44 bits per heavy atom. The molecule has 2 aromatic rings. The van der Waals surface area contributed by atoms with E-state index >= 15 is 0 Å². The minimum absolute atomic E-state index is 0.258. The van der Waals surface area contributed by atoms with Crippen molar-refractivity contribution in [1.29, 1.82) is 0 Å². The summed E-state index contributed by atoms with van der Waals surface area (Å²) in [6, 6.07) is 10.8. The minimum Gasteiger partial charge on any atom is -0.307 e. The number of hydrogen-bond acceptors (Lipinski definition) is 4. The molecule has 3 rings (SSSR count). The van der Waals surface area contributed by atoms with Gasteiger partial charge in [-0.15, -0.1) is 0 Å². The first kappa shape index (κ1) is 16.6. The van der Waals surface area contributed by atoms with E-state index in [-0.39, 0.29) is 11.8 Å². The lowest BCUT2D eigenvalue weighted by atomic mass is 10.2. The van der Waals surface area contributed by atoms with Crippen LogP contribution in [0, 0.1) is 13.8 Å². The molecule has 0 aliphatic heterocycles. The Morgan fingerprint density at radius 3 is 2.00 bits per heavy atom. The predicted octanol–water partition coefficient (Wildman–Crippen LogP) is 2.93. The monoisotopic (exact) mass is 334 g/mol. The van der Waals surface area contributed by atoms with Gasteiger partial charge < -0.3 is 10.6 Å². The van der Waals surface area contributed by atoms with Crippen molar-refractivity contribution in [2.24, 2.45) is 0 Å². The van der Waals surface area contributed by atoms with Crippen molar-refractivity contribution in [3.05, 3.63) is 71.1 Å². The zero-order chi connectivity index (χ0) is 17.8. The van der Waals surface area contributed by atoms with Crippen molar-refractivity contribution in [2.45, 2.75) is 20.3 Å². The highest BCUT2D eigenvalue weighted by Gasteiger charge is 2.19. The van der Waals surface area contributed by atoms with Crippen LogP contribution in [0.5, 0.6) is 0 Å². The first-order chi connectivity index (χ1) is 12.0. The zero-order valence-corrected chi connectivity index (χ0v) is 14.0. The van der Waals surface area contributed by atoms with Gasteiger partial charge in [0.05, 0.1) is 0 Å². The molecular formula is C19H18N4O2. The SMILES string of the molecule is Cc1cccc(NC(=O)C2=CCC(C(=O)Nc3cccc(C)n3)=C2)n1. The molecule has 2 heterocycles. The van der Waals surface area contributed by atoms with Crippen LogP contribution >= 0.6 is 0 Å². The van der Waals surface area contributed by atoms with E-state index in [4.69, 9.17) is 0 Å². The molecule has 0 bridgehead atoms. The Labute approximate surface area is 145 Å². The van der Waals surface area contributed by atoms with Crippen molar-refractivity contribution in [3.63, 3.8) is 0 Å². The number of allylic oxidation sites excluding steroid dienone is 1. The second kappa shape index (κ2) is 7.09. The molecule has 0 spiro atoms. The number of pyridine rings is 2. The van der Waals surface area contributed by atoms with Crippen LogP contribution in [0.1, 0.15) is 17.8 Å². The van der Waals surface area contributed by atoms with Gasteiger partial charge >= 0.3 is 0 Å². The molecule has 6 nitrogen and oxygen atoms in total. The third kappa shape index (κ3) is 4.17. The maximum atomic E-state index is 12.3. The number of amides is 2. The number of nitrogens with zero attached hydrogens (tertiary/aromatic N) is 2. The van der Waals surface area contributed by atoms with Crippen molar-refractivity contribution < 1.29 is 9.59 Å². The molecule has 6 heteroatoms. The van der Waals surface area contributed by atoms with Crippen LogP contribution in [0.2, 0.25) is 0 Å². The summed E-state index contributed by atoms with van der Waals surface area (Å²) in [5, 5.41) is 5.48. The molecule has 1 aliphatic carbocycles. The highest BCUT2D eigenvalue weighted by atomic mass is 16.2. The van der Waals surface area contributed by atoms with Gasteiger partial charge in [0.1, 0.15) is 11.6 Å². The van der Waals surface area contributed by atoms with Crippen LogP contribution in [0.3, 0.4) is 0 Å². The average molecular weight is 334 g/mol. The molecule has 0 radical (unpaired) electrons. The summed E-state index contributed by atoms with van der Waals surface area (Å²) in [7, 11) is 0. The van der Waals surface area contributed by atoms with Gasteiger partial charge in [-0.3, -0.25) is 9.59 Å². The summed E-state index contributed by atoms with van der Waals surface area (Å²) in [5.74, 6) is 0.439. The first-order valence-electron chi connectivity index (χ1n) is 7.92. The summed E-state index contributed by atoms with van der Waals surface area (Å²) < 4.78 is 0. The zero-order valence-electron chi connectivity index (χ0n) is 14.0. The third-order valence-electron chi connectivity index (χ3n) is 3.69. The Kier molecular flexibility index (Phi) is 4.70. The van der Waals surface area contributed by atoms with Crippen LogP contribution in [-0.4, -0.2) is 21.8 Å². The van der Waals surface area contributed by atoms with Crippen molar-refractivity contribution in [2.75, 3.05) is 10.6 Å². The molecule has 0 aromatic carbocycles. The number of aromatic nitrogens is 2. The maximum Gasteiger partial charge on any atom is 0.256 e. The Balaban J connectivity index is 1.64. The largest absolute Gasteiger partial charge is 0.307 e. The van der Waals surface area contributed by atoms with E-state index in [1.54, 1.807) is 24.3 Å². The third-order valence-corrected chi connectivity index (χ3v) is 3.69. The van der Waals surface area contributed by atoms with Crippen molar-refractivity contribution in [1.82, 2.24) is 9.97 Å². The molecule has 0 saturated heterocycles. The number of hydrogen-bond donors (Lipinski definition) is 2. The average Bonchev–Trinajstić information content (AvgIpc) is 3.05. The van der Waals surface area contributed by atoms with Gasteiger partial charge in [-0.05, 0) is 50.6 Å². The second-order valence-corrected chi connectivity index (χ2v) is 5.77. The Hall–Kier alpha value is -3.28. The molecule has 1 aliphatic rings. The molecule has 0 atom stereocenters. The van der Waals surface area contributed by atoms with E-state index < -0.39 is 0 Å². The van der Waals surface area contributed by atoms with Gasteiger partial charge in [0.15, 0.2) is 0 Å². The molecular weight excluding hydrogens is 316 g/mol. The van der Waals surface area contributed by atoms with E-state index in [1.807, 2.05) is 38.1 Å². The number of carbonyl (C=O) groups excluding carboxylic acids is 2. The lowest BCUT2D eigenvalue weighted by Crippen LogP contribution is -2.15. The minimum atomic E-state index is -0.283. The second-order valence-electron chi connectivity index (χ2n) is 5.77. The summed E-state index contributed by atoms with van der Waals surface area (Å²) >= 11 is 0.